The summed E-state index contributed by atoms with van der Waals surface area (Å²) in [4.78, 5) is 25.5. The maximum absolute atomic E-state index is 12.4. The average Bonchev–Trinajstić information content (AvgIpc) is 2.85. The highest BCUT2D eigenvalue weighted by Crippen LogP contribution is 2.16. The zero-order chi connectivity index (χ0) is 13.7. The standard InChI is InChI=1S/C13H23N3O2S/c1-2-7-16(8-10-5-3-4-6-14-10)12(17)11-9-19-13(18)15-11/h10-11,14H,2-9H2,1H3,(H,15,18). The molecule has 2 fully saturated rings. The first-order valence-corrected chi connectivity index (χ1v) is 8.14. The number of piperidine rings is 1. The van der Waals surface area contributed by atoms with Gasteiger partial charge in [-0.15, -0.1) is 0 Å². The third kappa shape index (κ3) is 4.11. The number of carbonyl (C=O) groups excluding carboxylic acids is 2. The molecule has 2 unspecified atom stereocenters. The Bertz CT molecular complexity index is 332. The fraction of sp³-hybridized carbons (Fsp3) is 0.846. The molecule has 2 aliphatic rings. The van der Waals surface area contributed by atoms with Crippen LogP contribution < -0.4 is 10.6 Å². The fourth-order valence-electron chi connectivity index (χ4n) is 2.65. The molecule has 2 heterocycles. The van der Waals surface area contributed by atoms with Gasteiger partial charge in [-0.25, -0.2) is 0 Å². The second-order valence-electron chi connectivity index (χ2n) is 5.23. The number of amides is 2. The first-order valence-electron chi connectivity index (χ1n) is 7.16. The molecule has 2 atom stereocenters. The third-order valence-corrected chi connectivity index (χ3v) is 4.51. The quantitative estimate of drug-likeness (QED) is 0.796. The van der Waals surface area contributed by atoms with Crippen molar-refractivity contribution in [2.75, 3.05) is 25.4 Å². The van der Waals surface area contributed by atoms with E-state index in [1.165, 1.54) is 24.6 Å². The number of carbonyl (C=O) groups is 2. The summed E-state index contributed by atoms with van der Waals surface area (Å²) in [6, 6.07) is 0.0849. The maximum Gasteiger partial charge on any atom is 0.279 e. The van der Waals surface area contributed by atoms with Crippen molar-refractivity contribution >= 4 is 22.9 Å². The summed E-state index contributed by atoms with van der Waals surface area (Å²) in [6.07, 6.45) is 4.56. The Morgan fingerprint density at radius 1 is 1.47 bits per heavy atom. The van der Waals surface area contributed by atoms with Crippen molar-refractivity contribution in [2.45, 2.75) is 44.7 Å². The Labute approximate surface area is 118 Å². The largest absolute Gasteiger partial charge is 0.339 e. The van der Waals surface area contributed by atoms with Crippen molar-refractivity contribution in [3.05, 3.63) is 0 Å². The van der Waals surface area contributed by atoms with Gasteiger partial charge in [0.2, 0.25) is 5.91 Å². The van der Waals surface area contributed by atoms with Crippen molar-refractivity contribution in [1.29, 1.82) is 0 Å². The van der Waals surface area contributed by atoms with E-state index in [1.807, 2.05) is 4.90 Å². The van der Waals surface area contributed by atoms with E-state index < -0.39 is 0 Å². The van der Waals surface area contributed by atoms with Crippen LogP contribution in [0.4, 0.5) is 4.79 Å². The van der Waals surface area contributed by atoms with Crippen LogP contribution in [-0.2, 0) is 4.79 Å². The molecular formula is C13H23N3O2S. The minimum atomic E-state index is -0.326. The average molecular weight is 285 g/mol. The summed E-state index contributed by atoms with van der Waals surface area (Å²) in [5.41, 5.74) is 0. The van der Waals surface area contributed by atoms with E-state index in [0.29, 0.717) is 11.8 Å². The number of nitrogens with one attached hydrogen (secondary N) is 2. The van der Waals surface area contributed by atoms with Crippen LogP contribution in [0.2, 0.25) is 0 Å². The van der Waals surface area contributed by atoms with Crippen molar-refractivity contribution in [3.8, 4) is 0 Å². The Morgan fingerprint density at radius 3 is 2.89 bits per heavy atom. The molecule has 0 spiro atoms. The van der Waals surface area contributed by atoms with Gasteiger partial charge in [-0.1, -0.05) is 25.1 Å². The van der Waals surface area contributed by atoms with E-state index >= 15 is 0 Å². The van der Waals surface area contributed by atoms with Crippen LogP contribution in [0.15, 0.2) is 0 Å². The summed E-state index contributed by atoms with van der Waals surface area (Å²) in [6.45, 7) is 4.67. The Balaban J connectivity index is 1.90. The van der Waals surface area contributed by atoms with E-state index in [2.05, 4.69) is 17.6 Å². The molecule has 0 aromatic carbocycles. The lowest BCUT2D eigenvalue weighted by molar-refractivity contribution is -0.133. The molecule has 2 aliphatic heterocycles. The van der Waals surface area contributed by atoms with Gasteiger partial charge in [0, 0.05) is 24.9 Å². The molecule has 2 saturated heterocycles. The Morgan fingerprint density at radius 2 is 2.32 bits per heavy atom. The fourth-order valence-corrected chi connectivity index (χ4v) is 3.41. The highest BCUT2D eigenvalue weighted by Gasteiger charge is 2.32. The third-order valence-electron chi connectivity index (χ3n) is 3.63. The van der Waals surface area contributed by atoms with Gasteiger partial charge in [-0.2, -0.15) is 0 Å². The molecular weight excluding hydrogens is 262 g/mol. The molecule has 19 heavy (non-hydrogen) atoms. The molecule has 2 amide bonds. The molecule has 2 N–H and O–H groups in total. The van der Waals surface area contributed by atoms with Crippen LogP contribution in [0.25, 0.3) is 0 Å². The minimum Gasteiger partial charge on any atom is -0.339 e. The van der Waals surface area contributed by atoms with E-state index in [-0.39, 0.29) is 17.2 Å². The zero-order valence-corrected chi connectivity index (χ0v) is 12.3. The van der Waals surface area contributed by atoms with Gasteiger partial charge in [0.25, 0.3) is 5.24 Å². The minimum absolute atomic E-state index is 0.0765. The van der Waals surface area contributed by atoms with Crippen LogP contribution in [-0.4, -0.2) is 53.5 Å². The molecule has 5 nitrogen and oxygen atoms in total. The number of nitrogens with zero attached hydrogens (tertiary/aromatic N) is 1. The van der Waals surface area contributed by atoms with Crippen molar-refractivity contribution < 1.29 is 9.59 Å². The molecule has 0 saturated carbocycles. The van der Waals surface area contributed by atoms with Gasteiger partial charge in [-0.3, -0.25) is 9.59 Å². The lowest BCUT2D eigenvalue weighted by Crippen LogP contribution is -2.51. The van der Waals surface area contributed by atoms with Gasteiger partial charge in [0.05, 0.1) is 0 Å². The maximum atomic E-state index is 12.4. The lowest BCUT2D eigenvalue weighted by Gasteiger charge is -2.31. The van der Waals surface area contributed by atoms with Crippen LogP contribution in [0.5, 0.6) is 0 Å². The number of hydrogen-bond acceptors (Lipinski definition) is 4. The highest BCUT2D eigenvalue weighted by molar-refractivity contribution is 8.14. The van der Waals surface area contributed by atoms with Gasteiger partial charge in [-0.05, 0) is 25.8 Å². The first kappa shape index (κ1) is 14.7. The number of rotatable bonds is 5. The Hall–Kier alpha value is -0.750. The summed E-state index contributed by atoms with van der Waals surface area (Å²) >= 11 is 1.20. The molecule has 108 valence electrons. The lowest BCUT2D eigenvalue weighted by atomic mass is 10.0. The van der Waals surface area contributed by atoms with Gasteiger partial charge >= 0.3 is 0 Å². The predicted molar refractivity (Wildman–Crippen MR) is 77.3 cm³/mol. The SMILES string of the molecule is CCCN(CC1CCCCN1)C(=O)C1CSC(=O)N1. The van der Waals surface area contributed by atoms with Gasteiger partial charge < -0.3 is 15.5 Å². The summed E-state index contributed by atoms with van der Waals surface area (Å²) < 4.78 is 0. The van der Waals surface area contributed by atoms with E-state index in [1.54, 1.807) is 0 Å². The molecule has 2 rings (SSSR count). The Kier molecular flexibility index (Phi) is 5.51. The number of hydrogen-bond donors (Lipinski definition) is 2. The summed E-state index contributed by atoms with van der Waals surface area (Å²) in [5.74, 6) is 0.642. The zero-order valence-electron chi connectivity index (χ0n) is 11.5. The van der Waals surface area contributed by atoms with Crippen molar-refractivity contribution in [3.63, 3.8) is 0 Å². The second kappa shape index (κ2) is 7.14. The summed E-state index contributed by atoms with van der Waals surface area (Å²) in [5, 5.41) is 6.14. The highest BCUT2D eigenvalue weighted by atomic mass is 32.2. The van der Waals surface area contributed by atoms with Crippen LogP contribution >= 0.6 is 11.8 Å². The molecule has 0 aliphatic carbocycles. The molecule has 0 bridgehead atoms. The van der Waals surface area contributed by atoms with E-state index in [9.17, 15) is 9.59 Å². The molecule has 0 aromatic heterocycles. The monoisotopic (exact) mass is 285 g/mol. The molecule has 0 aromatic rings. The predicted octanol–water partition coefficient (Wildman–Crippen LogP) is 1.19. The van der Waals surface area contributed by atoms with Crippen molar-refractivity contribution in [2.24, 2.45) is 0 Å². The second-order valence-corrected chi connectivity index (χ2v) is 6.22. The normalized spacial score (nSPS) is 27.1. The molecule has 6 heteroatoms. The summed E-state index contributed by atoms with van der Waals surface area (Å²) in [7, 11) is 0. The van der Waals surface area contributed by atoms with Gasteiger partial charge in [0.1, 0.15) is 6.04 Å². The van der Waals surface area contributed by atoms with Gasteiger partial charge in [0.15, 0.2) is 0 Å². The van der Waals surface area contributed by atoms with Crippen LogP contribution in [0, 0.1) is 0 Å². The van der Waals surface area contributed by atoms with E-state index in [0.717, 1.165) is 32.5 Å². The number of thioether (sulfide) groups is 1. The van der Waals surface area contributed by atoms with Crippen LogP contribution in [0.3, 0.4) is 0 Å². The smallest absolute Gasteiger partial charge is 0.279 e. The van der Waals surface area contributed by atoms with Crippen molar-refractivity contribution in [1.82, 2.24) is 15.5 Å². The molecule has 0 radical (unpaired) electrons. The van der Waals surface area contributed by atoms with Crippen LogP contribution in [0.1, 0.15) is 32.6 Å². The van der Waals surface area contributed by atoms with E-state index in [4.69, 9.17) is 0 Å². The topological polar surface area (TPSA) is 61.4 Å². The first-order chi connectivity index (χ1) is 9.20.